The Labute approximate surface area is 198 Å². The van der Waals surface area contributed by atoms with Crippen LogP contribution in [0, 0.1) is 5.92 Å². The number of ether oxygens (including phenoxy) is 2. The summed E-state index contributed by atoms with van der Waals surface area (Å²) in [7, 11) is -3.11. The quantitative estimate of drug-likeness (QED) is 0.453. The summed E-state index contributed by atoms with van der Waals surface area (Å²) in [5.74, 6) is 1.47. The fourth-order valence-corrected chi connectivity index (χ4v) is 4.47. The predicted octanol–water partition coefficient (Wildman–Crippen LogP) is 2.77. The average Bonchev–Trinajstić information content (AvgIpc) is 3.24. The maximum Gasteiger partial charge on any atom is 0.308 e. The minimum atomic E-state index is -3.11. The van der Waals surface area contributed by atoms with Gasteiger partial charge in [0.15, 0.2) is 15.7 Å². The van der Waals surface area contributed by atoms with Crippen molar-refractivity contribution in [2.24, 2.45) is 5.92 Å². The molecule has 0 aliphatic heterocycles. The first-order valence-electron chi connectivity index (χ1n) is 11.4. The normalized spacial score (nSPS) is 18.5. The van der Waals surface area contributed by atoms with Crippen LogP contribution in [0.3, 0.4) is 0 Å². The number of fused-ring (bicyclic) bond motifs is 1. The third-order valence-electron chi connectivity index (χ3n) is 5.82. The molecule has 182 valence electrons. The fourth-order valence-electron chi connectivity index (χ4n) is 4.09. The van der Waals surface area contributed by atoms with Crippen molar-refractivity contribution in [1.29, 1.82) is 0 Å². The monoisotopic (exact) mass is 487 g/mol. The largest absolute Gasteiger partial charge is 0.492 e. The van der Waals surface area contributed by atoms with Crippen LogP contribution in [0.5, 0.6) is 5.75 Å². The molecular formula is C23H29N5O5S. The van der Waals surface area contributed by atoms with E-state index < -0.39 is 9.84 Å². The Morgan fingerprint density at radius 2 is 2.00 bits per heavy atom. The molecule has 1 N–H and O–H groups in total. The van der Waals surface area contributed by atoms with Crippen LogP contribution >= 0.6 is 0 Å². The van der Waals surface area contributed by atoms with E-state index in [1.165, 1.54) is 6.26 Å². The average molecular weight is 488 g/mol. The van der Waals surface area contributed by atoms with Gasteiger partial charge in [0, 0.05) is 24.6 Å². The van der Waals surface area contributed by atoms with Gasteiger partial charge in [-0.05, 0) is 44.7 Å². The number of aromatic nitrogens is 4. The Kier molecular flexibility index (Phi) is 7.30. The molecule has 4 rings (SSSR count). The molecule has 10 nitrogen and oxygen atoms in total. The van der Waals surface area contributed by atoms with Gasteiger partial charge in [-0.3, -0.25) is 4.79 Å². The van der Waals surface area contributed by atoms with E-state index in [0.29, 0.717) is 24.1 Å². The molecule has 0 unspecified atom stereocenters. The third kappa shape index (κ3) is 5.82. The topological polar surface area (TPSA) is 125 Å². The Morgan fingerprint density at radius 1 is 1.21 bits per heavy atom. The zero-order valence-corrected chi connectivity index (χ0v) is 20.1. The Hall–Kier alpha value is -3.21. The lowest BCUT2D eigenvalue weighted by molar-refractivity contribution is -0.149. The summed E-state index contributed by atoms with van der Waals surface area (Å²) in [5.41, 5.74) is 0.788. The second-order valence-corrected chi connectivity index (χ2v) is 10.7. The lowest BCUT2D eigenvalue weighted by atomic mass is 9.86. The number of sulfone groups is 1. The van der Waals surface area contributed by atoms with E-state index in [1.807, 2.05) is 19.1 Å². The van der Waals surface area contributed by atoms with Gasteiger partial charge < -0.3 is 14.8 Å². The summed E-state index contributed by atoms with van der Waals surface area (Å²) >= 11 is 0. The number of esters is 1. The molecule has 1 fully saturated rings. The standard InChI is InChI=1S/C23H29N5O5S/c1-3-32-22(29)16-7-9-17(10-8-16)26-23-24-12-11-21(27-23)28-19-5-4-6-20(18(19)15-25-28)33-13-14-34(2,30)31/h4-6,11-12,15-17H,3,7-10,13-14H2,1-2H3,(H,24,26,27)/t16-,17-. The van der Waals surface area contributed by atoms with Crippen molar-refractivity contribution in [3.8, 4) is 11.6 Å². The molecule has 0 amide bonds. The van der Waals surface area contributed by atoms with E-state index in [0.717, 1.165) is 36.6 Å². The summed E-state index contributed by atoms with van der Waals surface area (Å²) in [5, 5.41) is 8.61. The molecule has 1 saturated carbocycles. The van der Waals surface area contributed by atoms with Gasteiger partial charge in [-0.2, -0.15) is 10.1 Å². The summed E-state index contributed by atoms with van der Waals surface area (Å²) < 4.78 is 35.3. The number of hydrogen-bond acceptors (Lipinski definition) is 9. The molecule has 1 aromatic carbocycles. The molecule has 2 aromatic heterocycles. The molecule has 3 aromatic rings. The van der Waals surface area contributed by atoms with E-state index >= 15 is 0 Å². The lowest BCUT2D eigenvalue weighted by Gasteiger charge is -2.27. The molecule has 11 heteroatoms. The number of carbonyl (C=O) groups excluding carboxylic acids is 1. The first kappa shape index (κ1) is 23.9. The molecule has 0 saturated heterocycles. The van der Waals surface area contributed by atoms with Crippen LogP contribution in [0.25, 0.3) is 16.7 Å². The van der Waals surface area contributed by atoms with Gasteiger partial charge in [0.25, 0.3) is 0 Å². The molecule has 0 bridgehead atoms. The first-order chi connectivity index (χ1) is 16.3. The highest BCUT2D eigenvalue weighted by molar-refractivity contribution is 7.90. The zero-order chi connectivity index (χ0) is 24.1. The minimum absolute atomic E-state index is 0.0328. The van der Waals surface area contributed by atoms with E-state index in [-0.39, 0.29) is 30.3 Å². The second kappa shape index (κ2) is 10.4. The van der Waals surface area contributed by atoms with E-state index in [2.05, 4.69) is 20.4 Å². The van der Waals surface area contributed by atoms with Crippen LogP contribution in [0.1, 0.15) is 32.6 Å². The number of carbonyl (C=O) groups is 1. The van der Waals surface area contributed by atoms with Gasteiger partial charge in [0.05, 0.1) is 35.4 Å². The van der Waals surface area contributed by atoms with Crippen LogP contribution in [0.2, 0.25) is 0 Å². The summed E-state index contributed by atoms with van der Waals surface area (Å²) in [6.07, 6.45) is 7.78. The zero-order valence-electron chi connectivity index (χ0n) is 19.3. The van der Waals surface area contributed by atoms with Gasteiger partial charge in [0.2, 0.25) is 5.95 Å². The van der Waals surface area contributed by atoms with Crippen LogP contribution in [0.15, 0.2) is 36.7 Å². The van der Waals surface area contributed by atoms with Crippen molar-refractivity contribution >= 4 is 32.7 Å². The van der Waals surface area contributed by atoms with Crippen LogP contribution in [-0.2, 0) is 19.4 Å². The molecule has 0 spiro atoms. The Balaban J connectivity index is 1.45. The first-order valence-corrected chi connectivity index (χ1v) is 13.4. The van der Waals surface area contributed by atoms with E-state index in [9.17, 15) is 13.2 Å². The van der Waals surface area contributed by atoms with Gasteiger partial charge in [-0.1, -0.05) is 6.07 Å². The SMILES string of the molecule is CCOC(=O)[C@H]1CC[C@H](Nc2nccc(-n3ncc4c(OCCS(C)(=O)=O)cccc43)n2)CC1. The molecule has 1 aliphatic rings. The molecule has 1 aliphatic carbocycles. The second-order valence-electron chi connectivity index (χ2n) is 8.41. The summed E-state index contributed by atoms with van der Waals surface area (Å²) in [6.45, 7) is 2.31. The van der Waals surface area contributed by atoms with Crippen molar-refractivity contribution in [3.63, 3.8) is 0 Å². The molecule has 0 radical (unpaired) electrons. The number of hydrogen-bond donors (Lipinski definition) is 1. The molecular weight excluding hydrogens is 458 g/mol. The predicted molar refractivity (Wildman–Crippen MR) is 128 cm³/mol. The van der Waals surface area contributed by atoms with Crippen molar-refractivity contribution in [3.05, 3.63) is 36.7 Å². The van der Waals surface area contributed by atoms with Crippen LogP contribution < -0.4 is 10.1 Å². The van der Waals surface area contributed by atoms with Crippen molar-refractivity contribution in [2.75, 3.05) is 30.5 Å². The van der Waals surface area contributed by atoms with Gasteiger partial charge in [-0.15, -0.1) is 0 Å². The van der Waals surface area contributed by atoms with Gasteiger partial charge >= 0.3 is 5.97 Å². The highest BCUT2D eigenvalue weighted by Crippen LogP contribution is 2.28. The summed E-state index contributed by atoms with van der Waals surface area (Å²) in [4.78, 5) is 20.9. The number of benzene rings is 1. The smallest absolute Gasteiger partial charge is 0.308 e. The van der Waals surface area contributed by atoms with Crippen molar-refractivity contribution < 1.29 is 22.7 Å². The number of nitrogens with one attached hydrogen (secondary N) is 1. The highest BCUT2D eigenvalue weighted by Gasteiger charge is 2.27. The maximum atomic E-state index is 12.0. The fraction of sp³-hybridized carbons (Fsp3) is 0.478. The Morgan fingerprint density at radius 3 is 2.74 bits per heavy atom. The molecule has 0 atom stereocenters. The highest BCUT2D eigenvalue weighted by atomic mass is 32.2. The van der Waals surface area contributed by atoms with Crippen LogP contribution in [0.4, 0.5) is 5.95 Å². The Bertz CT molecular complexity index is 1250. The van der Waals surface area contributed by atoms with Gasteiger partial charge in [-0.25, -0.2) is 18.1 Å². The lowest BCUT2D eigenvalue weighted by Crippen LogP contribution is -2.30. The summed E-state index contributed by atoms with van der Waals surface area (Å²) in [6, 6.07) is 7.48. The number of nitrogens with zero attached hydrogens (tertiary/aromatic N) is 4. The van der Waals surface area contributed by atoms with Crippen molar-refractivity contribution in [2.45, 2.75) is 38.6 Å². The molecule has 2 heterocycles. The number of rotatable bonds is 9. The molecule has 34 heavy (non-hydrogen) atoms. The van der Waals surface area contributed by atoms with E-state index in [1.54, 1.807) is 29.2 Å². The van der Waals surface area contributed by atoms with Gasteiger partial charge in [0.1, 0.15) is 12.4 Å². The minimum Gasteiger partial charge on any atom is -0.492 e. The maximum absolute atomic E-state index is 12.0. The third-order valence-corrected chi connectivity index (χ3v) is 6.73. The van der Waals surface area contributed by atoms with E-state index in [4.69, 9.17) is 9.47 Å². The number of anilines is 1. The van der Waals surface area contributed by atoms with Crippen molar-refractivity contribution in [1.82, 2.24) is 19.7 Å². The van der Waals surface area contributed by atoms with Crippen LogP contribution in [-0.4, -0.2) is 65.4 Å².